The Balaban J connectivity index is 2.03. The Morgan fingerprint density at radius 3 is 2.41 bits per heavy atom. The summed E-state index contributed by atoms with van der Waals surface area (Å²) >= 11 is 0. The van der Waals surface area contributed by atoms with Crippen molar-refractivity contribution < 1.29 is 24.2 Å². The number of carbonyl (C=O) groups is 3. The van der Waals surface area contributed by atoms with Crippen LogP contribution < -0.4 is 5.32 Å². The maximum Gasteiger partial charge on any atom is 0.342 e. The number of benzene rings is 2. The van der Waals surface area contributed by atoms with Gasteiger partial charge in [0.2, 0.25) is 11.7 Å². The van der Waals surface area contributed by atoms with Crippen LogP contribution >= 0.6 is 0 Å². The van der Waals surface area contributed by atoms with Crippen LogP contribution in [-0.2, 0) is 9.53 Å². The number of aromatic hydroxyl groups is 1. The molecule has 0 saturated carbocycles. The first kappa shape index (κ1) is 20.2. The average Bonchev–Trinajstić information content (AvgIpc) is 2.63. The third-order valence-electron chi connectivity index (χ3n) is 3.96. The summed E-state index contributed by atoms with van der Waals surface area (Å²) in [5, 5.41) is 12.5. The summed E-state index contributed by atoms with van der Waals surface area (Å²) in [6.07, 6.45) is 0.166. The number of anilines is 1. The molecule has 0 heterocycles. The molecule has 1 atom stereocenters. The van der Waals surface area contributed by atoms with Gasteiger partial charge in [-0.15, -0.1) is 0 Å². The second-order valence-electron chi connectivity index (χ2n) is 6.31. The Morgan fingerprint density at radius 2 is 1.78 bits per heavy atom. The summed E-state index contributed by atoms with van der Waals surface area (Å²) in [4.78, 5) is 36.3. The maximum absolute atomic E-state index is 12.5. The Kier molecular flexibility index (Phi) is 6.71. The fourth-order valence-corrected chi connectivity index (χ4v) is 2.49. The van der Waals surface area contributed by atoms with Crippen molar-refractivity contribution in [2.75, 3.05) is 5.32 Å². The second kappa shape index (κ2) is 8.98. The number of nitrogens with one attached hydrogen (secondary N) is 1. The number of hydrogen-bond acceptors (Lipinski definition) is 5. The Bertz CT molecular complexity index is 842. The molecule has 0 fully saturated rings. The van der Waals surface area contributed by atoms with Crippen LogP contribution in [-0.4, -0.2) is 28.9 Å². The number of Topliss-reactive ketones (excluding diaryl/α,β-unsaturated/α-hetero) is 1. The molecule has 0 aliphatic rings. The fourth-order valence-electron chi connectivity index (χ4n) is 2.49. The van der Waals surface area contributed by atoms with Crippen molar-refractivity contribution in [3.63, 3.8) is 0 Å². The molecule has 0 aliphatic carbocycles. The van der Waals surface area contributed by atoms with E-state index in [2.05, 4.69) is 5.32 Å². The van der Waals surface area contributed by atoms with Crippen LogP contribution in [0.4, 0.5) is 5.69 Å². The minimum absolute atomic E-state index is 0.0173. The van der Waals surface area contributed by atoms with Gasteiger partial charge in [0.1, 0.15) is 11.3 Å². The van der Waals surface area contributed by atoms with Crippen LogP contribution in [0.1, 0.15) is 53.0 Å². The van der Waals surface area contributed by atoms with E-state index in [4.69, 9.17) is 4.74 Å². The summed E-state index contributed by atoms with van der Waals surface area (Å²) in [5.41, 5.74) is 1.76. The predicted molar refractivity (Wildman–Crippen MR) is 102 cm³/mol. The number of amides is 1. The second-order valence-corrected chi connectivity index (χ2v) is 6.31. The summed E-state index contributed by atoms with van der Waals surface area (Å²) in [6, 6.07) is 11.0. The quantitative estimate of drug-likeness (QED) is 0.571. The van der Waals surface area contributed by atoms with E-state index in [0.29, 0.717) is 17.7 Å². The van der Waals surface area contributed by atoms with E-state index < -0.39 is 12.1 Å². The number of ether oxygens (including phenoxy) is 1. The van der Waals surface area contributed by atoms with Gasteiger partial charge >= 0.3 is 5.97 Å². The lowest BCUT2D eigenvalue weighted by molar-refractivity contribution is -0.116. The van der Waals surface area contributed by atoms with Crippen molar-refractivity contribution in [2.24, 2.45) is 0 Å². The van der Waals surface area contributed by atoms with Crippen LogP contribution in [0.5, 0.6) is 5.75 Å². The molecule has 0 spiro atoms. The van der Waals surface area contributed by atoms with Gasteiger partial charge in [0.15, 0.2) is 6.10 Å². The first-order valence-corrected chi connectivity index (χ1v) is 8.76. The van der Waals surface area contributed by atoms with Crippen molar-refractivity contribution in [2.45, 2.75) is 39.7 Å². The molecule has 6 nitrogen and oxygen atoms in total. The molecule has 1 amide bonds. The fraction of sp³-hybridized carbons (Fsp3) is 0.286. The van der Waals surface area contributed by atoms with Crippen LogP contribution in [0.3, 0.4) is 0 Å². The smallest absolute Gasteiger partial charge is 0.342 e. The number of phenolic OH excluding ortho intramolecular Hbond substituents is 1. The summed E-state index contributed by atoms with van der Waals surface area (Å²) < 4.78 is 5.20. The van der Waals surface area contributed by atoms with Crippen LogP contribution in [0.25, 0.3) is 0 Å². The number of esters is 1. The molecule has 6 heteroatoms. The van der Waals surface area contributed by atoms with E-state index in [0.717, 1.165) is 12.0 Å². The van der Waals surface area contributed by atoms with Crippen molar-refractivity contribution in [1.82, 2.24) is 0 Å². The monoisotopic (exact) mass is 369 g/mol. The van der Waals surface area contributed by atoms with Gasteiger partial charge in [-0.2, -0.15) is 0 Å². The zero-order valence-electron chi connectivity index (χ0n) is 15.6. The standard InChI is InChI=1S/C21H23NO5/c1-4-5-19(24)22-16-9-7-15(8-10-16)20(25)14(3)27-21(26)17-12-13(2)6-11-18(17)23/h6-12,14,23H,4-5H2,1-3H3,(H,22,24)/t14-/m1/s1. The molecule has 2 rings (SSSR count). The summed E-state index contributed by atoms with van der Waals surface area (Å²) in [5.74, 6) is -1.42. The minimum atomic E-state index is -1.02. The van der Waals surface area contributed by atoms with Gasteiger partial charge in [-0.3, -0.25) is 9.59 Å². The number of phenols is 1. The average molecular weight is 369 g/mol. The van der Waals surface area contributed by atoms with E-state index in [1.54, 1.807) is 37.3 Å². The van der Waals surface area contributed by atoms with Gasteiger partial charge in [-0.05, 0) is 56.7 Å². The van der Waals surface area contributed by atoms with Gasteiger partial charge in [-0.1, -0.05) is 18.6 Å². The normalized spacial score (nSPS) is 11.5. The lowest BCUT2D eigenvalue weighted by Gasteiger charge is -2.14. The zero-order chi connectivity index (χ0) is 20.0. The number of rotatable bonds is 7. The number of carbonyl (C=O) groups excluding carboxylic acids is 3. The molecule has 2 aromatic rings. The first-order valence-electron chi connectivity index (χ1n) is 8.76. The molecule has 0 aliphatic heterocycles. The largest absolute Gasteiger partial charge is 0.507 e. The third kappa shape index (κ3) is 5.41. The molecule has 0 bridgehead atoms. The van der Waals surface area contributed by atoms with Crippen molar-refractivity contribution in [3.05, 3.63) is 59.2 Å². The number of hydrogen-bond donors (Lipinski definition) is 2. The highest BCUT2D eigenvalue weighted by Crippen LogP contribution is 2.20. The first-order chi connectivity index (χ1) is 12.8. The predicted octanol–water partition coefficient (Wildman–Crippen LogP) is 3.87. The molecular weight excluding hydrogens is 346 g/mol. The van der Waals surface area contributed by atoms with E-state index in [-0.39, 0.29) is 23.0 Å². The topological polar surface area (TPSA) is 92.7 Å². The Morgan fingerprint density at radius 1 is 1.11 bits per heavy atom. The highest BCUT2D eigenvalue weighted by molar-refractivity contribution is 6.02. The Hall–Kier alpha value is -3.15. The zero-order valence-corrected chi connectivity index (χ0v) is 15.6. The van der Waals surface area contributed by atoms with Crippen molar-refractivity contribution >= 4 is 23.3 Å². The van der Waals surface area contributed by atoms with Crippen LogP contribution in [0.2, 0.25) is 0 Å². The minimum Gasteiger partial charge on any atom is -0.507 e. The van der Waals surface area contributed by atoms with Crippen molar-refractivity contribution in [3.8, 4) is 5.75 Å². The van der Waals surface area contributed by atoms with Gasteiger partial charge in [0, 0.05) is 17.7 Å². The van der Waals surface area contributed by atoms with E-state index in [1.165, 1.54) is 19.1 Å². The molecule has 0 saturated heterocycles. The SMILES string of the molecule is CCCC(=O)Nc1ccc(C(=O)[C@@H](C)OC(=O)c2cc(C)ccc2O)cc1. The lowest BCUT2D eigenvalue weighted by atomic mass is 10.1. The third-order valence-corrected chi connectivity index (χ3v) is 3.96. The van der Waals surface area contributed by atoms with Gasteiger partial charge < -0.3 is 15.2 Å². The van der Waals surface area contributed by atoms with Gasteiger partial charge in [0.05, 0.1) is 0 Å². The maximum atomic E-state index is 12.5. The highest BCUT2D eigenvalue weighted by atomic mass is 16.5. The van der Waals surface area contributed by atoms with E-state index in [1.807, 2.05) is 6.92 Å². The molecule has 0 radical (unpaired) electrons. The molecular formula is C21H23NO5. The number of ketones is 1. The molecule has 0 unspecified atom stereocenters. The van der Waals surface area contributed by atoms with E-state index in [9.17, 15) is 19.5 Å². The molecule has 2 N–H and O–H groups in total. The number of aryl methyl sites for hydroxylation is 1. The van der Waals surface area contributed by atoms with Crippen LogP contribution in [0, 0.1) is 6.92 Å². The van der Waals surface area contributed by atoms with Gasteiger partial charge in [-0.25, -0.2) is 4.79 Å². The van der Waals surface area contributed by atoms with E-state index >= 15 is 0 Å². The molecule has 2 aromatic carbocycles. The summed E-state index contributed by atoms with van der Waals surface area (Å²) in [7, 11) is 0. The van der Waals surface area contributed by atoms with Gasteiger partial charge in [0.25, 0.3) is 0 Å². The van der Waals surface area contributed by atoms with Crippen LogP contribution in [0.15, 0.2) is 42.5 Å². The summed E-state index contributed by atoms with van der Waals surface area (Å²) in [6.45, 7) is 5.18. The molecule has 142 valence electrons. The van der Waals surface area contributed by atoms with Crippen molar-refractivity contribution in [1.29, 1.82) is 0 Å². The molecule has 0 aromatic heterocycles. The lowest BCUT2D eigenvalue weighted by Crippen LogP contribution is -2.24. The Labute approximate surface area is 158 Å². The molecule has 27 heavy (non-hydrogen) atoms. The highest BCUT2D eigenvalue weighted by Gasteiger charge is 2.22.